The summed E-state index contributed by atoms with van der Waals surface area (Å²) in [5.74, 6) is -1.84. The summed E-state index contributed by atoms with van der Waals surface area (Å²) in [5, 5.41) is 0. The molecule has 0 aromatic rings. The molecule has 2 aliphatic heterocycles. The van der Waals surface area contributed by atoms with Crippen LogP contribution in [0.15, 0.2) is 12.2 Å². The van der Waals surface area contributed by atoms with Crippen molar-refractivity contribution >= 4 is 23.6 Å². The molecule has 2 saturated heterocycles. The average Bonchev–Trinajstić information content (AvgIpc) is 3.20. The molecule has 8 nitrogen and oxygen atoms in total. The molecule has 0 unspecified atom stereocenters. The Morgan fingerprint density at radius 3 is 1.24 bits per heavy atom. The Morgan fingerprint density at radius 1 is 0.588 bits per heavy atom. The molecule has 4 fully saturated rings. The lowest BCUT2D eigenvalue weighted by atomic mass is 9.40. The van der Waals surface area contributed by atoms with Gasteiger partial charge < -0.3 is 9.80 Å². The third kappa shape index (κ3) is 3.17. The largest absolute Gasteiger partial charge is 0.302 e. The Hall–Kier alpha value is -2.06. The number of carbonyl (C=O) groups excluding carboxylic acids is 4. The van der Waals surface area contributed by atoms with E-state index in [1.54, 1.807) is 0 Å². The van der Waals surface area contributed by atoms with Crippen molar-refractivity contribution in [2.24, 2.45) is 47.3 Å². The van der Waals surface area contributed by atoms with Crippen molar-refractivity contribution in [3.63, 3.8) is 0 Å². The zero-order chi connectivity index (χ0) is 24.3. The van der Waals surface area contributed by atoms with E-state index in [9.17, 15) is 19.2 Å². The molecule has 8 heteroatoms. The average molecular weight is 471 g/mol. The van der Waals surface area contributed by atoms with Crippen molar-refractivity contribution in [3.05, 3.63) is 12.2 Å². The molecule has 4 aliphatic carbocycles. The van der Waals surface area contributed by atoms with Gasteiger partial charge in [-0.15, -0.1) is 0 Å². The standard InChI is InChI=1S/C26H38N4O4/c1-5-27(6-2)11-13-29-23(31)19-15-9-10-16(20(19)24(29)32)18-17(15)21-22(18)26(34)30(25(21)33)14-12-28(7-3)8-4/h9-10,15-22H,5-8,11-14H2,1-4H3/t15-,16-,17-,18-,19+,20+,21-,22-/m1/s1. The van der Waals surface area contributed by atoms with Crippen LogP contribution in [0.3, 0.4) is 0 Å². The summed E-state index contributed by atoms with van der Waals surface area (Å²) in [6, 6.07) is 0. The first kappa shape index (κ1) is 23.7. The second-order valence-electron chi connectivity index (χ2n) is 10.5. The summed E-state index contributed by atoms with van der Waals surface area (Å²) in [6.45, 7) is 14.1. The highest BCUT2D eigenvalue weighted by Crippen LogP contribution is 2.68. The van der Waals surface area contributed by atoms with Crippen molar-refractivity contribution in [2.75, 3.05) is 52.4 Å². The molecule has 0 N–H and O–H groups in total. The van der Waals surface area contributed by atoms with Gasteiger partial charge in [-0.05, 0) is 49.9 Å². The van der Waals surface area contributed by atoms with E-state index in [2.05, 4.69) is 49.6 Å². The molecule has 34 heavy (non-hydrogen) atoms. The highest BCUT2D eigenvalue weighted by molar-refractivity contribution is 6.09. The number of hydrogen-bond acceptors (Lipinski definition) is 6. The zero-order valence-corrected chi connectivity index (χ0v) is 20.9. The monoisotopic (exact) mass is 470 g/mol. The van der Waals surface area contributed by atoms with Crippen LogP contribution in [-0.4, -0.2) is 95.6 Å². The first-order chi connectivity index (χ1) is 16.4. The molecule has 2 saturated carbocycles. The Balaban J connectivity index is 1.34. The van der Waals surface area contributed by atoms with Gasteiger partial charge in [0.25, 0.3) is 0 Å². The van der Waals surface area contributed by atoms with Gasteiger partial charge in [0.05, 0.1) is 23.7 Å². The maximum absolute atomic E-state index is 13.4. The first-order valence-corrected chi connectivity index (χ1v) is 13.2. The van der Waals surface area contributed by atoms with Crippen molar-refractivity contribution in [2.45, 2.75) is 27.7 Å². The van der Waals surface area contributed by atoms with Gasteiger partial charge >= 0.3 is 0 Å². The summed E-state index contributed by atoms with van der Waals surface area (Å²) >= 11 is 0. The fourth-order valence-electron chi connectivity index (χ4n) is 7.73. The minimum atomic E-state index is -0.367. The fraction of sp³-hybridized carbons (Fsp3) is 0.769. The van der Waals surface area contributed by atoms with E-state index in [1.807, 2.05) is 0 Å². The second kappa shape index (κ2) is 8.86. The molecule has 0 radical (unpaired) electrons. The molecule has 6 aliphatic rings. The van der Waals surface area contributed by atoms with Crippen LogP contribution in [0.2, 0.25) is 0 Å². The molecule has 6 rings (SSSR count). The predicted molar refractivity (Wildman–Crippen MR) is 126 cm³/mol. The molecule has 0 spiro atoms. The molecule has 8 atom stereocenters. The number of allylic oxidation sites excluding steroid dienone is 2. The topological polar surface area (TPSA) is 81.2 Å². The highest BCUT2D eigenvalue weighted by atomic mass is 16.2. The summed E-state index contributed by atoms with van der Waals surface area (Å²) in [6.07, 6.45) is 4.16. The van der Waals surface area contributed by atoms with E-state index >= 15 is 0 Å². The van der Waals surface area contributed by atoms with Crippen LogP contribution >= 0.6 is 0 Å². The van der Waals surface area contributed by atoms with Crippen LogP contribution in [-0.2, 0) is 19.2 Å². The molecular weight excluding hydrogens is 432 g/mol. The number of likely N-dealkylation sites (tertiary alicyclic amines) is 2. The minimum Gasteiger partial charge on any atom is -0.302 e. The van der Waals surface area contributed by atoms with Crippen LogP contribution in [0.1, 0.15) is 27.7 Å². The summed E-state index contributed by atoms with van der Waals surface area (Å²) in [5.41, 5.74) is 0. The van der Waals surface area contributed by atoms with E-state index < -0.39 is 0 Å². The smallest absolute Gasteiger partial charge is 0.233 e. The van der Waals surface area contributed by atoms with Gasteiger partial charge in [-0.2, -0.15) is 0 Å². The summed E-state index contributed by atoms with van der Waals surface area (Å²) < 4.78 is 0. The number of fused-ring (bicyclic) bond motifs is 1. The number of rotatable bonds is 10. The molecule has 186 valence electrons. The molecule has 0 aromatic heterocycles. The summed E-state index contributed by atoms with van der Waals surface area (Å²) in [7, 11) is 0. The van der Waals surface area contributed by atoms with Gasteiger partial charge in [0.15, 0.2) is 0 Å². The Morgan fingerprint density at radius 2 is 0.912 bits per heavy atom. The van der Waals surface area contributed by atoms with Crippen molar-refractivity contribution in [1.29, 1.82) is 0 Å². The van der Waals surface area contributed by atoms with Crippen LogP contribution in [0, 0.1) is 47.3 Å². The lowest BCUT2D eigenvalue weighted by molar-refractivity contribution is -0.166. The van der Waals surface area contributed by atoms with E-state index in [-0.39, 0.29) is 71.0 Å². The number of carbonyl (C=O) groups is 4. The van der Waals surface area contributed by atoms with Gasteiger partial charge in [-0.3, -0.25) is 29.0 Å². The van der Waals surface area contributed by atoms with Gasteiger partial charge in [-0.1, -0.05) is 39.8 Å². The Kier molecular flexibility index (Phi) is 6.17. The fourth-order valence-corrected chi connectivity index (χ4v) is 7.73. The molecule has 2 bridgehead atoms. The number of hydrogen-bond donors (Lipinski definition) is 0. The number of amides is 4. The lowest BCUT2D eigenvalue weighted by Gasteiger charge is -2.60. The Labute approximate surface area is 202 Å². The molecule has 4 amide bonds. The predicted octanol–water partition coefficient (Wildman–Crippen LogP) is 0.934. The first-order valence-electron chi connectivity index (χ1n) is 13.2. The maximum Gasteiger partial charge on any atom is 0.233 e. The molecule has 2 heterocycles. The van der Waals surface area contributed by atoms with Crippen molar-refractivity contribution in [1.82, 2.24) is 19.6 Å². The highest BCUT2D eigenvalue weighted by Gasteiger charge is 2.74. The lowest BCUT2D eigenvalue weighted by Crippen LogP contribution is -2.63. The number of nitrogens with zero attached hydrogens (tertiary/aromatic N) is 4. The summed E-state index contributed by atoms with van der Waals surface area (Å²) in [4.78, 5) is 60.9. The third-order valence-electron chi connectivity index (χ3n) is 9.59. The van der Waals surface area contributed by atoms with E-state index in [0.29, 0.717) is 26.2 Å². The second-order valence-corrected chi connectivity index (χ2v) is 10.5. The van der Waals surface area contributed by atoms with Gasteiger partial charge in [0, 0.05) is 26.2 Å². The zero-order valence-electron chi connectivity index (χ0n) is 20.9. The molecule has 0 aromatic carbocycles. The van der Waals surface area contributed by atoms with Crippen LogP contribution in [0.25, 0.3) is 0 Å². The van der Waals surface area contributed by atoms with Gasteiger partial charge in [-0.25, -0.2) is 0 Å². The maximum atomic E-state index is 13.4. The van der Waals surface area contributed by atoms with Gasteiger partial charge in [0.1, 0.15) is 0 Å². The number of imide groups is 2. The van der Waals surface area contributed by atoms with Crippen molar-refractivity contribution in [3.8, 4) is 0 Å². The quantitative estimate of drug-likeness (QED) is 0.349. The van der Waals surface area contributed by atoms with E-state index in [4.69, 9.17) is 0 Å². The van der Waals surface area contributed by atoms with Crippen LogP contribution in [0.4, 0.5) is 0 Å². The normalized spacial score (nSPS) is 37.7. The van der Waals surface area contributed by atoms with Crippen molar-refractivity contribution < 1.29 is 19.2 Å². The van der Waals surface area contributed by atoms with E-state index in [1.165, 1.54) is 9.80 Å². The minimum absolute atomic E-state index is 0.00985. The Bertz CT molecular complexity index is 854. The number of likely N-dealkylation sites (N-methyl/N-ethyl adjacent to an activating group) is 2. The SMILES string of the molecule is CCN(CC)CCN1C(=O)[C@H]2[C@@H]3C=C[C@@H]([C@@H]2C1=O)[C@H]1[C@H]2C(=O)N(CCN(CC)CC)C(=O)[C@@H]2[C@H]31. The van der Waals surface area contributed by atoms with Gasteiger partial charge in [0.2, 0.25) is 23.6 Å². The van der Waals surface area contributed by atoms with Crippen LogP contribution < -0.4 is 0 Å². The van der Waals surface area contributed by atoms with Crippen LogP contribution in [0.5, 0.6) is 0 Å². The third-order valence-corrected chi connectivity index (χ3v) is 9.59. The van der Waals surface area contributed by atoms with E-state index in [0.717, 1.165) is 26.2 Å². The molecular formula is C26H38N4O4.